The maximum atomic E-state index is 13.2. The van der Waals surface area contributed by atoms with Gasteiger partial charge in [0.25, 0.3) is 5.91 Å². The lowest BCUT2D eigenvalue weighted by atomic mass is 10.0. The van der Waals surface area contributed by atoms with Gasteiger partial charge in [0.05, 0.1) is 17.9 Å². The SMILES string of the molecule is Cc1nc(C)c(-c2ccn3nc(N)nc3c2)cc1C(=O)NCc1cccnc1OCC1CCCC1. The van der Waals surface area contributed by atoms with E-state index in [2.05, 4.69) is 25.4 Å². The summed E-state index contributed by atoms with van der Waals surface area (Å²) in [4.78, 5) is 26.4. The van der Waals surface area contributed by atoms with Crippen molar-refractivity contribution in [3.8, 4) is 17.0 Å². The van der Waals surface area contributed by atoms with E-state index in [0.29, 0.717) is 41.9 Å². The first-order valence-corrected chi connectivity index (χ1v) is 11.9. The normalized spacial score (nSPS) is 13.9. The molecule has 1 aliphatic carbocycles. The molecule has 3 N–H and O–H groups in total. The van der Waals surface area contributed by atoms with E-state index in [4.69, 9.17) is 10.5 Å². The number of carbonyl (C=O) groups is 1. The van der Waals surface area contributed by atoms with Gasteiger partial charge < -0.3 is 15.8 Å². The highest BCUT2D eigenvalue weighted by Gasteiger charge is 2.18. The third kappa shape index (κ3) is 4.94. The highest BCUT2D eigenvalue weighted by atomic mass is 16.5. The van der Waals surface area contributed by atoms with Crippen LogP contribution in [0.5, 0.6) is 5.88 Å². The summed E-state index contributed by atoms with van der Waals surface area (Å²) >= 11 is 0. The lowest BCUT2D eigenvalue weighted by molar-refractivity contribution is 0.0949. The molecule has 0 aromatic carbocycles. The minimum atomic E-state index is -0.199. The number of nitrogens with zero attached hydrogens (tertiary/aromatic N) is 5. The number of ether oxygens (including phenoxy) is 1. The minimum Gasteiger partial charge on any atom is -0.477 e. The van der Waals surface area contributed by atoms with Crippen LogP contribution in [0.4, 0.5) is 5.95 Å². The first-order chi connectivity index (χ1) is 17.0. The largest absolute Gasteiger partial charge is 0.477 e. The Labute approximate surface area is 203 Å². The van der Waals surface area contributed by atoms with Crippen LogP contribution < -0.4 is 15.8 Å². The van der Waals surface area contributed by atoms with Crippen molar-refractivity contribution >= 4 is 17.5 Å². The van der Waals surface area contributed by atoms with Gasteiger partial charge in [-0.3, -0.25) is 9.78 Å². The van der Waals surface area contributed by atoms with Gasteiger partial charge >= 0.3 is 0 Å². The smallest absolute Gasteiger partial charge is 0.253 e. The molecule has 0 aliphatic heterocycles. The van der Waals surface area contributed by atoms with Crippen LogP contribution in [0.3, 0.4) is 0 Å². The summed E-state index contributed by atoms with van der Waals surface area (Å²) in [5.74, 6) is 1.19. The molecule has 5 rings (SSSR count). The van der Waals surface area contributed by atoms with Crippen LogP contribution in [-0.2, 0) is 6.54 Å². The molecule has 4 aromatic rings. The Morgan fingerprint density at radius 1 is 1.17 bits per heavy atom. The second kappa shape index (κ2) is 9.69. The van der Waals surface area contributed by atoms with Gasteiger partial charge in [-0.2, -0.15) is 4.98 Å². The predicted molar refractivity (Wildman–Crippen MR) is 133 cm³/mol. The second-order valence-corrected chi connectivity index (χ2v) is 9.05. The van der Waals surface area contributed by atoms with Crippen molar-refractivity contribution in [2.45, 2.75) is 46.1 Å². The lowest BCUT2D eigenvalue weighted by Crippen LogP contribution is -2.25. The number of amides is 1. The second-order valence-electron chi connectivity index (χ2n) is 9.05. The first kappa shape index (κ1) is 22.8. The van der Waals surface area contributed by atoms with E-state index in [1.807, 2.05) is 44.2 Å². The monoisotopic (exact) mass is 471 g/mol. The average molecular weight is 472 g/mol. The number of nitrogens with two attached hydrogens (primary N) is 1. The van der Waals surface area contributed by atoms with Gasteiger partial charge in [0.2, 0.25) is 11.8 Å². The highest BCUT2D eigenvalue weighted by molar-refractivity contribution is 5.96. The number of nitrogen functional groups attached to an aromatic ring is 1. The number of aryl methyl sites for hydroxylation is 2. The molecule has 180 valence electrons. The third-order valence-corrected chi connectivity index (χ3v) is 6.53. The van der Waals surface area contributed by atoms with E-state index >= 15 is 0 Å². The zero-order valence-corrected chi connectivity index (χ0v) is 20.0. The molecule has 0 radical (unpaired) electrons. The molecule has 1 saturated carbocycles. The Balaban J connectivity index is 1.33. The average Bonchev–Trinajstić information content (AvgIpc) is 3.50. The molecular formula is C26H29N7O2. The Morgan fingerprint density at radius 3 is 2.83 bits per heavy atom. The Hall–Kier alpha value is -4.01. The van der Waals surface area contributed by atoms with Gasteiger partial charge in [0.15, 0.2) is 5.65 Å². The van der Waals surface area contributed by atoms with Crippen LogP contribution in [0.25, 0.3) is 16.8 Å². The van der Waals surface area contributed by atoms with Crippen LogP contribution >= 0.6 is 0 Å². The molecule has 0 atom stereocenters. The van der Waals surface area contributed by atoms with Gasteiger partial charge in [0, 0.05) is 35.8 Å². The molecule has 1 amide bonds. The molecule has 1 fully saturated rings. The van der Waals surface area contributed by atoms with Gasteiger partial charge in [-0.15, -0.1) is 5.10 Å². The standard InChI is InChI=1S/C26H29N7O2/c1-16-21(19-9-11-33-23(12-19)31-26(27)32-33)13-22(17(2)30-16)24(34)29-14-20-8-5-10-28-25(20)35-15-18-6-3-4-7-18/h5,8-13,18H,3-4,6-7,14-15H2,1-2H3,(H2,27,32)(H,29,34). The van der Waals surface area contributed by atoms with E-state index in [0.717, 1.165) is 22.4 Å². The number of carbonyl (C=O) groups excluding carboxylic acids is 1. The van der Waals surface area contributed by atoms with Crippen LogP contribution in [-0.4, -0.2) is 37.1 Å². The fourth-order valence-corrected chi connectivity index (χ4v) is 4.65. The minimum absolute atomic E-state index is 0.199. The number of pyridine rings is 3. The van der Waals surface area contributed by atoms with Crippen molar-refractivity contribution in [3.63, 3.8) is 0 Å². The Kier molecular flexibility index (Phi) is 6.31. The molecule has 4 aromatic heterocycles. The summed E-state index contributed by atoms with van der Waals surface area (Å²) in [5, 5.41) is 7.13. The maximum Gasteiger partial charge on any atom is 0.253 e. The first-order valence-electron chi connectivity index (χ1n) is 11.9. The summed E-state index contributed by atoms with van der Waals surface area (Å²) in [7, 11) is 0. The van der Waals surface area contributed by atoms with Crippen molar-refractivity contribution < 1.29 is 9.53 Å². The fourth-order valence-electron chi connectivity index (χ4n) is 4.65. The van der Waals surface area contributed by atoms with Crippen molar-refractivity contribution in [1.29, 1.82) is 0 Å². The summed E-state index contributed by atoms with van der Waals surface area (Å²) in [6.45, 7) is 4.76. The van der Waals surface area contributed by atoms with Crippen LogP contribution in [0.2, 0.25) is 0 Å². The quantitative estimate of drug-likeness (QED) is 0.419. The van der Waals surface area contributed by atoms with Gasteiger partial charge in [-0.1, -0.05) is 18.9 Å². The molecule has 4 heterocycles. The van der Waals surface area contributed by atoms with Crippen LogP contribution in [0.15, 0.2) is 42.7 Å². The molecule has 0 spiro atoms. The molecule has 9 heteroatoms. The number of nitrogens with one attached hydrogen (secondary N) is 1. The predicted octanol–water partition coefficient (Wildman–Crippen LogP) is 3.88. The number of hydrogen-bond donors (Lipinski definition) is 2. The zero-order chi connectivity index (χ0) is 24.4. The summed E-state index contributed by atoms with van der Waals surface area (Å²) in [6.07, 6.45) is 8.46. The molecule has 0 saturated heterocycles. The number of rotatable bonds is 7. The summed E-state index contributed by atoms with van der Waals surface area (Å²) in [6, 6.07) is 9.45. The lowest BCUT2D eigenvalue weighted by Gasteiger charge is -2.15. The van der Waals surface area contributed by atoms with E-state index in [-0.39, 0.29) is 11.9 Å². The van der Waals surface area contributed by atoms with Gasteiger partial charge in [-0.05, 0) is 62.4 Å². The van der Waals surface area contributed by atoms with Crippen LogP contribution in [0, 0.1) is 19.8 Å². The topological polar surface area (TPSA) is 120 Å². The Morgan fingerprint density at radius 2 is 2.00 bits per heavy atom. The van der Waals surface area contributed by atoms with Gasteiger partial charge in [0.1, 0.15) is 0 Å². The number of aromatic nitrogens is 5. The zero-order valence-electron chi connectivity index (χ0n) is 20.0. The number of hydrogen-bond acceptors (Lipinski definition) is 7. The van der Waals surface area contributed by atoms with E-state index in [1.165, 1.54) is 25.7 Å². The van der Waals surface area contributed by atoms with Crippen molar-refractivity contribution in [2.24, 2.45) is 5.92 Å². The molecule has 0 bridgehead atoms. The van der Waals surface area contributed by atoms with Crippen molar-refractivity contribution in [1.82, 2.24) is 29.9 Å². The number of fused-ring (bicyclic) bond motifs is 1. The van der Waals surface area contributed by atoms with Gasteiger partial charge in [-0.25, -0.2) is 9.50 Å². The molecular weight excluding hydrogens is 442 g/mol. The van der Waals surface area contributed by atoms with E-state index in [1.54, 1.807) is 16.9 Å². The molecule has 0 unspecified atom stereocenters. The third-order valence-electron chi connectivity index (χ3n) is 6.53. The fraction of sp³-hybridized carbons (Fsp3) is 0.346. The summed E-state index contributed by atoms with van der Waals surface area (Å²) in [5.41, 5.74) is 10.9. The Bertz CT molecular complexity index is 1380. The van der Waals surface area contributed by atoms with Crippen molar-refractivity contribution in [3.05, 3.63) is 65.2 Å². The van der Waals surface area contributed by atoms with Crippen LogP contribution in [0.1, 0.15) is 53.0 Å². The van der Waals surface area contributed by atoms with E-state index < -0.39 is 0 Å². The van der Waals surface area contributed by atoms with E-state index in [9.17, 15) is 4.79 Å². The molecule has 35 heavy (non-hydrogen) atoms. The van der Waals surface area contributed by atoms with Crippen molar-refractivity contribution in [2.75, 3.05) is 12.3 Å². The highest BCUT2D eigenvalue weighted by Crippen LogP contribution is 2.27. The summed E-state index contributed by atoms with van der Waals surface area (Å²) < 4.78 is 7.63. The maximum absolute atomic E-state index is 13.2. The number of anilines is 1. The molecule has 9 nitrogen and oxygen atoms in total. The molecule has 1 aliphatic rings.